The molecule has 17 heavy (non-hydrogen) atoms. The number of rotatable bonds is 5. The number of H-pyrrole nitrogens is 1. The van der Waals surface area contributed by atoms with E-state index >= 15 is 0 Å². The smallest absolute Gasteiger partial charge is 0.310 e. The molecule has 0 saturated carbocycles. The Morgan fingerprint density at radius 1 is 1.59 bits per heavy atom. The Hall–Kier alpha value is -1.54. The molecule has 1 heterocycles. The third-order valence-corrected chi connectivity index (χ3v) is 2.11. The second-order valence-electron chi connectivity index (χ2n) is 4.66. The summed E-state index contributed by atoms with van der Waals surface area (Å²) >= 11 is 0. The fourth-order valence-corrected chi connectivity index (χ4v) is 1.16. The van der Waals surface area contributed by atoms with Crippen molar-refractivity contribution in [2.75, 3.05) is 6.61 Å². The quantitative estimate of drug-likeness (QED) is 0.648. The van der Waals surface area contributed by atoms with E-state index < -0.39 is 23.5 Å². The number of aliphatic carboxylic acids is 1. The summed E-state index contributed by atoms with van der Waals surface area (Å²) in [5.74, 6) is -1.80. The van der Waals surface area contributed by atoms with Crippen LogP contribution in [0.5, 0.6) is 0 Å². The molecule has 0 spiro atoms. The normalized spacial score (nSPS) is 15.5. The zero-order valence-electron chi connectivity index (χ0n) is 10.0. The fraction of sp³-hybridized carbons (Fsp3) is 0.778. The Morgan fingerprint density at radius 2 is 2.24 bits per heavy atom. The highest BCUT2D eigenvalue weighted by Crippen LogP contribution is 2.19. The number of ether oxygens (including phenoxy) is 1. The number of aromatic amines is 1. The lowest BCUT2D eigenvalue weighted by atomic mass is 10.0. The molecule has 0 aliphatic heterocycles. The number of carboxylic acids is 1. The Balaban J connectivity index is 2.70. The van der Waals surface area contributed by atoms with Crippen molar-refractivity contribution in [3.8, 4) is 0 Å². The van der Waals surface area contributed by atoms with Crippen LogP contribution in [-0.4, -0.2) is 43.9 Å². The van der Waals surface area contributed by atoms with Crippen molar-refractivity contribution >= 4 is 5.97 Å². The Morgan fingerprint density at radius 3 is 2.65 bits per heavy atom. The van der Waals surface area contributed by atoms with Crippen molar-refractivity contribution < 1.29 is 14.6 Å². The highest BCUT2D eigenvalue weighted by atomic mass is 16.5. The lowest BCUT2D eigenvalue weighted by Gasteiger charge is -2.24. The van der Waals surface area contributed by atoms with Crippen molar-refractivity contribution in [3.05, 3.63) is 5.82 Å². The van der Waals surface area contributed by atoms with E-state index in [1.54, 1.807) is 0 Å². The van der Waals surface area contributed by atoms with Gasteiger partial charge in [0.25, 0.3) is 0 Å². The molecule has 8 nitrogen and oxygen atoms in total. The van der Waals surface area contributed by atoms with Crippen molar-refractivity contribution in [1.29, 1.82) is 0 Å². The van der Waals surface area contributed by atoms with Crippen molar-refractivity contribution in [3.63, 3.8) is 0 Å². The average molecular weight is 243 g/mol. The van der Waals surface area contributed by atoms with Gasteiger partial charge < -0.3 is 15.6 Å². The number of nitrogens with two attached hydrogens (primary N) is 1. The molecule has 4 N–H and O–H groups in total. The number of tetrazole rings is 1. The monoisotopic (exact) mass is 243 g/mol. The number of nitrogens with one attached hydrogen (secondary N) is 1. The molecule has 0 saturated heterocycles. The molecule has 0 radical (unpaired) electrons. The number of carboxylic acid groups (broad SMARTS) is 1. The Labute approximate surface area is 98.5 Å². The van der Waals surface area contributed by atoms with Gasteiger partial charge in [-0.15, -0.1) is 10.2 Å². The number of hydrogen-bond acceptors (Lipinski definition) is 6. The first-order valence-electron chi connectivity index (χ1n) is 5.17. The maximum Gasteiger partial charge on any atom is 0.310 e. The van der Waals surface area contributed by atoms with Crippen LogP contribution in [-0.2, 0) is 9.53 Å². The van der Waals surface area contributed by atoms with Gasteiger partial charge in [-0.05, 0) is 20.8 Å². The van der Waals surface area contributed by atoms with Gasteiger partial charge in [0.2, 0.25) is 0 Å². The first-order chi connectivity index (χ1) is 7.81. The van der Waals surface area contributed by atoms with Crippen LogP contribution in [0.4, 0.5) is 0 Å². The standard InChI is InChI=1S/C9H17N5O3/c1-9(2,3)17-4-5(8(15)16)6(10)7-11-13-14-12-7/h5-6H,4,10H2,1-3H3,(H,15,16)(H,11,12,13,14). The number of hydrogen-bond donors (Lipinski definition) is 3. The maximum atomic E-state index is 11.1. The van der Waals surface area contributed by atoms with Crippen molar-refractivity contribution in [2.45, 2.75) is 32.4 Å². The van der Waals surface area contributed by atoms with Gasteiger partial charge in [0.05, 0.1) is 18.2 Å². The molecular weight excluding hydrogens is 226 g/mol. The van der Waals surface area contributed by atoms with Crippen LogP contribution in [0, 0.1) is 5.92 Å². The predicted octanol–water partition coefficient (Wildman–Crippen LogP) is -0.285. The van der Waals surface area contributed by atoms with Crippen molar-refractivity contribution in [1.82, 2.24) is 20.6 Å². The molecule has 1 aromatic rings. The SMILES string of the molecule is CC(C)(C)OCC(C(=O)O)C(N)c1nn[nH]n1. The van der Waals surface area contributed by atoms with E-state index in [1.807, 2.05) is 20.8 Å². The molecule has 0 amide bonds. The maximum absolute atomic E-state index is 11.1. The van der Waals surface area contributed by atoms with Gasteiger partial charge in [-0.2, -0.15) is 5.21 Å². The summed E-state index contributed by atoms with van der Waals surface area (Å²) in [6.45, 7) is 5.51. The largest absolute Gasteiger partial charge is 0.481 e. The van der Waals surface area contributed by atoms with E-state index in [0.717, 1.165) is 0 Å². The van der Waals surface area contributed by atoms with Crippen LogP contribution in [0.3, 0.4) is 0 Å². The van der Waals surface area contributed by atoms with E-state index in [9.17, 15) is 4.79 Å². The van der Waals surface area contributed by atoms with Crippen LogP contribution < -0.4 is 5.73 Å². The van der Waals surface area contributed by atoms with Gasteiger partial charge >= 0.3 is 5.97 Å². The molecule has 1 rings (SSSR count). The molecule has 8 heteroatoms. The Bertz CT molecular complexity index is 359. The van der Waals surface area contributed by atoms with Crippen LogP contribution in [0.2, 0.25) is 0 Å². The van der Waals surface area contributed by atoms with Gasteiger partial charge in [-0.3, -0.25) is 4.79 Å². The van der Waals surface area contributed by atoms with Crippen LogP contribution in [0.25, 0.3) is 0 Å². The molecule has 0 aliphatic rings. The van der Waals surface area contributed by atoms with E-state index in [4.69, 9.17) is 15.6 Å². The molecule has 2 unspecified atom stereocenters. The molecular formula is C9H17N5O3. The summed E-state index contributed by atoms with van der Waals surface area (Å²) in [6.07, 6.45) is 0. The second kappa shape index (κ2) is 5.19. The van der Waals surface area contributed by atoms with E-state index in [0.29, 0.717) is 0 Å². The zero-order chi connectivity index (χ0) is 13.1. The third-order valence-electron chi connectivity index (χ3n) is 2.11. The first-order valence-corrected chi connectivity index (χ1v) is 5.17. The average Bonchev–Trinajstić information content (AvgIpc) is 2.67. The molecule has 2 atom stereocenters. The number of nitrogens with zero attached hydrogens (tertiary/aromatic N) is 3. The highest BCUT2D eigenvalue weighted by molar-refractivity contribution is 5.71. The summed E-state index contributed by atoms with van der Waals surface area (Å²) in [4.78, 5) is 11.1. The zero-order valence-corrected chi connectivity index (χ0v) is 10.0. The van der Waals surface area contributed by atoms with Gasteiger partial charge in [0.1, 0.15) is 5.92 Å². The van der Waals surface area contributed by atoms with Gasteiger partial charge in [-0.25, -0.2) is 0 Å². The number of carbonyl (C=O) groups is 1. The van der Waals surface area contributed by atoms with Crippen LogP contribution in [0.1, 0.15) is 32.6 Å². The van der Waals surface area contributed by atoms with Crippen LogP contribution >= 0.6 is 0 Å². The van der Waals surface area contributed by atoms with Crippen LogP contribution in [0.15, 0.2) is 0 Å². The van der Waals surface area contributed by atoms with Gasteiger partial charge in [-0.1, -0.05) is 5.21 Å². The van der Waals surface area contributed by atoms with E-state index in [2.05, 4.69) is 20.6 Å². The van der Waals surface area contributed by atoms with Crippen molar-refractivity contribution in [2.24, 2.45) is 11.7 Å². The molecule has 0 fully saturated rings. The lowest BCUT2D eigenvalue weighted by molar-refractivity contribution is -0.147. The summed E-state index contributed by atoms with van der Waals surface area (Å²) < 4.78 is 5.42. The summed E-state index contributed by atoms with van der Waals surface area (Å²) in [6, 6.07) is -0.853. The fourth-order valence-electron chi connectivity index (χ4n) is 1.16. The molecule has 0 aliphatic carbocycles. The topological polar surface area (TPSA) is 127 Å². The Kier molecular flexibility index (Phi) is 4.13. The van der Waals surface area contributed by atoms with Gasteiger partial charge in [0.15, 0.2) is 5.82 Å². The highest BCUT2D eigenvalue weighted by Gasteiger charge is 2.31. The minimum absolute atomic E-state index is 0.00542. The molecule has 0 aromatic carbocycles. The molecule has 96 valence electrons. The van der Waals surface area contributed by atoms with E-state index in [-0.39, 0.29) is 12.4 Å². The summed E-state index contributed by atoms with van der Waals surface area (Å²) in [5.41, 5.74) is 5.34. The lowest BCUT2D eigenvalue weighted by Crippen LogP contribution is -2.35. The minimum atomic E-state index is -1.05. The molecule has 1 aromatic heterocycles. The predicted molar refractivity (Wildman–Crippen MR) is 57.9 cm³/mol. The third kappa shape index (κ3) is 4.08. The summed E-state index contributed by atoms with van der Waals surface area (Å²) in [5, 5.41) is 22.0. The van der Waals surface area contributed by atoms with Gasteiger partial charge in [0, 0.05) is 0 Å². The number of aromatic nitrogens is 4. The minimum Gasteiger partial charge on any atom is -0.481 e. The molecule has 0 bridgehead atoms. The first kappa shape index (κ1) is 13.5. The van der Waals surface area contributed by atoms with E-state index in [1.165, 1.54) is 0 Å². The summed E-state index contributed by atoms with van der Waals surface area (Å²) in [7, 11) is 0. The second-order valence-corrected chi connectivity index (χ2v) is 4.66.